The molecule has 0 bridgehead atoms. The van der Waals surface area contributed by atoms with Crippen molar-refractivity contribution in [1.82, 2.24) is 20.2 Å². The van der Waals surface area contributed by atoms with Crippen LogP contribution >= 0.6 is 23.2 Å². The zero-order valence-electron chi connectivity index (χ0n) is 29.6. The fraction of sp³-hybridized carbons (Fsp3) is 0.571. The highest BCUT2D eigenvalue weighted by atomic mass is 31.3. The Morgan fingerprint density at radius 3 is 2.60 bits per heavy atom. The average Bonchev–Trinajstić information content (AvgIpc) is 3.56. The van der Waals surface area contributed by atoms with Gasteiger partial charge in [0.1, 0.15) is 25.2 Å². The predicted molar refractivity (Wildman–Crippen MR) is 189 cm³/mol. The molecule has 0 saturated carbocycles. The van der Waals surface area contributed by atoms with Gasteiger partial charge in [0.15, 0.2) is 6.23 Å². The molecule has 1 aromatic heterocycles. The molecule has 2 amide bonds. The molecule has 1 fully saturated rings. The lowest BCUT2D eigenvalue weighted by Crippen LogP contribution is -2.37. The van der Waals surface area contributed by atoms with Crippen molar-refractivity contribution in [2.45, 2.75) is 57.7 Å². The van der Waals surface area contributed by atoms with E-state index < -0.39 is 72.2 Å². The van der Waals surface area contributed by atoms with E-state index in [9.17, 15) is 42.7 Å². The molecule has 2 aromatic rings. The summed E-state index contributed by atoms with van der Waals surface area (Å²) in [6, 6.07) is 6.44. The quantitative estimate of drug-likeness (QED) is 0.0290. The van der Waals surface area contributed by atoms with Crippen LogP contribution in [0.25, 0.3) is 10.4 Å². The monoisotopic (exact) mass is 841 g/mol. The van der Waals surface area contributed by atoms with E-state index >= 15 is 0 Å². The van der Waals surface area contributed by atoms with Crippen LogP contribution in [0, 0.1) is 0 Å². The molecule has 306 valence electrons. The van der Waals surface area contributed by atoms with Crippen LogP contribution in [0.2, 0.25) is 0 Å². The number of H-pyrrole nitrogens is 1. The standard InChI is InChI=1S/C28H42N7O17P3/c1-3-4-10-30-26(37)19-6-5-7-21(13-19)48-18-24(33-34-29)47-12-11-46-17-23(36)31-14-20-15-35(28(39)32-27(20)38)25-9-8-22(50-25)16-49-54(42,43)52-55(44,45)51-53(2,40)41/h5-7,13,15,22,24-25H,3-4,8-12,14,16-18H2,1-2H3,(H,30,37)(H,31,36)(H,40,41)(H,42,43)(H,44,45)(H,32,38,39)/t22-,24?,25+/m0/s1. The molecule has 0 spiro atoms. The molecular weight excluding hydrogens is 799 g/mol. The number of carbonyl (C=O) groups is 2. The van der Waals surface area contributed by atoms with Gasteiger partial charge in [-0.25, -0.2) is 18.2 Å². The number of azide groups is 1. The van der Waals surface area contributed by atoms with Crippen LogP contribution in [-0.2, 0) is 52.4 Å². The number of aromatic nitrogens is 2. The first-order valence-corrected chi connectivity index (χ1v) is 21.5. The molecule has 3 rings (SSSR count). The van der Waals surface area contributed by atoms with E-state index in [1.807, 2.05) is 6.92 Å². The summed E-state index contributed by atoms with van der Waals surface area (Å²) < 4.78 is 70.5. The molecule has 4 unspecified atom stereocenters. The third-order valence-electron chi connectivity index (χ3n) is 7.05. The predicted octanol–water partition coefficient (Wildman–Crippen LogP) is 2.17. The number of aromatic amines is 1. The van der Waals surface area contributed by atoms with Crippen LogP contribution in [0.4, 0.5) is 0 Å². The number of nitrogens with zero attached hydrogens (tertiary/aromatic N) is 4. The summed E-state index contributed by atoms with van der Waals surface area (Å²) in [4.78, 5) is 82.6. The Morgan fingerprint density at radius 2 is 1.89 bits per heavy atom. The summed E-state index contributed by atoms with van der Waals surface area (Å²) in [6.45, 7) is 1.30. The molecule has 0 aliphatic carbocycles. The topological polar surface area (TPSA) is 338 Å². The first-order valence-electron chi connectivity index (χ1n) is 16.4. The van der Waals surface area contributed by atoms with Gasteiger partial charge in [-0.05, 0) is 43.0 Å². The fourth-order valence-corrected chi connectivity index (χ4v) is 8.12. The minimum Gasteiger partial charge on any atom is -0.491 e. The van der Waals surface area contributed by atoms with Crippen molar-refractivity contribution < 1.29 is 70.1 Å². The third kappa shape index (κ3) is 16.9. The number of benzene rings is 1. The molecule has 6 N–H and O–H groups in total. The van der Waals surface area contributed by atoms with Crippen molar-refractivity contribution in [3.63, 3.8) is 0 Å². The van der Waals surface area contributed by atoms with E-state index in [0.29, 0.717) is 24.5 Å². The number of unbranched alkanes of at least 4 members (excludes halogenated alkanes) is 1. The highest BCUT2D eigenvalue weighted by Gasteiger charge is 2.40. The molecule has 27 heteroatoms. The summed E-state index contributed by atoms with van der Waals surface area (Å²) in [6.07, 6.45) is 0.259. The summed E-state index contributed by atoms with van der Waals surface area (Å²) in [5.74, 6) is -0.529. The van der Waals surface area contributed by atoms with Gasteiger partial charge in [0.25, 0.3) is 11.5 Å². The zero-order chi connectivity index (χ0) is 40.6. The number of rotatable bonds is 24. The number of hydrogen-bond acceptors (Lipinski definition) is 15. The lowest BCUT2D eigenvalue weighted by Gasteiger charge is -2.19. The lowest BCUT2D eigenvalue weighted by molar-refractivity contribution is -0.126. The van der Waals surface area contributed by atoms with Gasteiger partial charge in [-0.1, -0.05) is 24.5 Å². The number of phosphoric ester groups is 1. The second-order valence-electron chi connectivity index (χ2n) is 11.6. The Labute approximate surface area is 312 Å². The van der Waals surface area contributed by atoms with Crippen molar-refractivity contribution in [3.05, 3.63) is 72.9 Å². The summed E-state index contributed by atoms with van der Waals surface area (Å²) in [7, 11) is -15.3. The van der Waals surface area contributed by atoms with Crippen molar-refractivity contribution in [2.24, 2.45) is 5.11 Å². The highest BCUT2D eigenvalue weighted by Crippen LogP contribution is 2.66. The molecule has 55 heavy (non-hydrogen) atoms. The summed E-state index contributed by atoms with van der Waals surface area (Å²) in [5, 5.41) is 8.79. The smallest absolute Gasteiger partial charge is 0.488 e. The van der Waals surface area contributed by atoms with Crippen molar-refractivity contribution in [2.75, 3.05) is 46.2 Å². The molecule has 6 atom stereocenters. The molecule has 24 nitrogen and oxygen atoms in total. The van der Waals surface area contributed by atoms with E-state index in [2.05, 4.69) is 38.8 Å². The van der Waals surface area contributed by atoms with Crippen LogP contribution in [0.1, 0.15) is 54.8 Å². The second kappa shape index (κ2) is 21.5. The largest absolute Gasteiger partial charge is 0.491 e. The first kappa shape index (κ1) is 45.7. The number of phosphoric acid groups is 2. The molecule has 1 aliphatic rings. The van der Waals surface area contributed by atoms with Crippen LogP contribution in [-0.4, -0.2) is 94.6 Å². The van der Waals surface area contributed by atoms with E-state index in [1.165, 1.54) is 6.07 Å². The minimum atomic E-state index is -5.46. The van der Waals surface area contributed by atoms with E-state index in [-0.39, 0.29) is 50.7 Å². The number of hydrogen-bond donors (Lipinski definition) is 6. The number of nitrogens with one attached hydrogen (secondary N) is 3. The molecule has 1 aliphatic heterocycles. The van der Waals surface area contributed by atoms with Gasteiger partial charge in [-0.2, -0.15) is 4.31 Å². The van der Waals surface area contributed by atoms with Crippen molar-refractivity contribution >= 4 is 35.1 Å². The first-order chi connectivity index (χ1) is 25.9. The van der Waals surface area contributed by atoms with Gasteiger partial charge < -0.3 is 44.3 Å². The highest BCUT2D eigenvalue weighted by molar-refractivity contribution is 7.68. The van der Waals surface area contributed by atoms with E-state index in [1.54, 1.807) is 18.2 Å². The van der Waals surface area contributed by atoms with Crippen LogP contribution in [0.5, 0.6) is 5.75 Å². The van der Waals surface area contributed by atoms with Gasteiger partial charge in [0.05, 0.1) is 31.5 Å². The minimum absolute atomic E-state index is 0.0384. The summed E-state index contributed by atoms with van der Waals surface area (Å²) >= 11 is 0. The molecule has 0 radical (unpaired) electrons. The Kier molecular flexibility index (Phi) is 17.9. The molecular formula is C28H42N7O17P3. The van der Waals surface area contributed by atoms with Crippen LogP contribution < -0.4 is 26.6 Å². The average molecular weight is 842 g/mol. The van der Waals surface area contributed by atoms with Gasteiger partial charge in [-0.15, -0.1) is 0 Å². The van der Waals surface area contributed by atoms with E-state index in [4.69, 9.17) is 29.4 Å². The maximum Gasteiger partial charge on any atom is 0.488 e. The third-order valence-corrected chi connectivity index (χ3v) is 11.2. The van der Waals surface area contributed by atoms with Crippen molar-refractivity contribution in [1.29, 1.82) is 0 Å². The fourth-order valence-electron chi connectivity index (χ4n) is 4.62. The maximum atomic E-state index is 12.5. The Hall–Kier alpha value is -3.72. The van der Waals surface area contributed by atoms with Gasteiger partial charge in [-0.3, -0.25) is 33.0 Å². The van der Waals surface area contributed by atoms with Gasteiger partial charge >= 0.3 is 28.9 Å². The second-order valence-corrected chi connectivity index (χ2v) is 16.7. The van der Waals surface area contributed by atoms with Crippen molar-refractivity contribution in [3.8, 4) is 5.75 Å². The van der Waals surface area contributed by atoms with Crippen LogP contribution in [0.15, 0.2) is 45.2 Å². The number of ether oxygens (including phenoxy) is 4. The maximum absolute atomic E-state index is 12.5. The molecule has 1 aromatic carbocycles. The summed E-state index contributed by atoms with van der Waals surface area (Å²) in [5.41, 5.74) is 7.59. The Bertz CT molecular complexity index is 1930. The van der Waals surface area contributed by atoms with Gasteiger partial charge in [0, 0.05) is 36.4 Å². The molecule has 1 saturated heterocycles. The Balaban J connectivity index is 1.41. The zero-order valence-corrected chi connectivity index (χ0v) is 32.3. The number of carbonyl (C=O) groups excluding carboxylic acids is 2. The van der Waals surface area contributed by atoms with E-state index in [0.717, 1.165) is 23.6 Å². The Morgan fingerprint density at radius 1 is 1.13 bits per heavy atom. The normalized spacial score (nSPS) is 19.2. The van der Waals surface area contributed by atoms with Crippen LogP contribution in [0.3, 0.4) is 0 Å². The number of amides is 2. The molecule has 2 heterocycles. The lowest BCUT2D eigenvalue weighted by atomic mass is 10.2. The SMILES string of the molecule is CCCCNC(=O)c1cccc(OCC(N=[N+]=[N-])OCCOCC(=O)NCc2cn([C@H]3CC[C@@H](COP(=O)(O)OP(=O)(O)OP(C)(=O)O)O3)c(=O)[nH]c2=O)c1. The van der Waals surface area contributed by atoms with Gasteiger partial charge in [0.2, 0.25) is 5.91 Å².